The number of oxazole rings is 1. The van der Waals surface area contributed by atoms with E-state index in [2.05, 4.69) is 71.1 Å². The van der Waals surface area contributed by atoms with Crippen LogP contribution in [0.15, 0.2) is 68.5 Å². The average molecular weight is 645 g/mol. The summed E-state index contributed by atoms with van der Waals surface area (Å²) < 4.78 is 8.64. The van der Waals surface area contributed by atoms with Crippen molar-refractivity contribution in [2.75, 3.05) is 0 Å². The summed E-state index contributed by atoms with van der Waals surface area (Å²) in [6.45, 7) is 0. The van der Waals surface area contributed by atoms with Gasteiger partial charge in [0.2, 0.25) is 5.89 Å². The molecule has 0 aliphatic heterocycles. The summed E-state index contributed by atoms with van der Waals surface area (Å²) in [4.78, 5) is 9.07. The lowest BCUT2D eigenvalue weighted by atomic mass is 10.2. The SMILES string of the molecule is Oc1c(I)cc(I)cc1C=Nc1ccc2oc(-c3ccccc3Br)nc2c1. The van der Waals surface area contributed by atoms with E-state index in [1.54, 1.807) is 6.21 Å². The molecule has 4 nitrogen and oxygen atoms in total. The van der Waals surface area contributed by atoms with Crippen molar-refractivity contribution in [3.63, 3.8) is 0 Å². The molecule has 0 fully saturated rings. The lowest BCUT2D eigenvalue weighted by Gasteiger charge is -2.02. The molecular weight excluding hydrogens is 634 g/mol. The molecule has 1 N–H and O–H groups in total. The van der Waals surface area contributed by atoms with Crippen LogP contribution in [0, 0.1) is 7.14 Å². The number of nitrogens with zero attached hydrogens (tertiary/aromatic N) is 2. The van der Waals surface area contributed by atoms with Gasteiger partial charge >= 0.3 is 0 Å². The van der Waals surface area contributed by atoms with Gasteiger partial charge < -0.3 is 9.52 Å². The van der Waals surface area contributed by atoms with Gasteiger partial charge in [-0.3, -0.25) is 4.99 Å². The molecule has 4 rings (SSSR count). The molecular formula is C20H11BrI2N2O2. The second-order valence-electron chi connectivity index (χ2n) is 5.73. The van der Waals surface area contributed by atoms with Crippen LogP contribution in [0.3, 0.4) is 0 Å². The molecule has 0 radical (unpaired) electrons. The molecule has 0 atom stereocenters. The van der Waals surface area contributed by atoms with Crippen molar-refractivity contribution < 1.29 is 9.52 Å². The van der Waals surface area contributed by atoms with Gasteiger partial charge in [0.15, 0.2) is 5.58 Å². The minimum atomic E-state index is 0.235. The van der Waals surface area contributed by atoms with Gasteiger partial charge in [0, 0.05) is 19.8 Å². The third-order valence-electron chi connectivity index (χ3n) is 3.89. The predicted octanol–water partition coefficient (Wildman–Crippen LogP) is 6.92. The number of hydrogen-bond acceptors (Lipinski definition) is 4. The number of aromatic nitrogens is 1. The molecule has 3 aromatic carbocycles. The van der Waals surface area contributed by atoms with Crippen LogP contribution in [0.25, 0.3) is 22.6 Å². The quantitative estimate of drug-likeness (QED) is 0.195. The van der Waals surface area contributed by atoms with Crippen LogP contribution in [-0.4, -0.2) is 16.3 Å². The molecule has 0 saturated heterocycles. The molecule has 0 spiro atoms. The van der Waals surface area contributed by atoms with Crippen LogP contribution >= 0.6 is 61.1 Å². The number of aliphatic imine (C=N–C) groups is 1. The molecule has 0 aliphatic rings. The molecule has 7 heteroatoms. The van der Waals surface area contributed by atoms with Gasteiger partial charge in [0.05, 0.1) is 14.8 Å². The smallest absolute Gasteiger partial charge is 0.228 e. The first-order chi connectivity index (χ1) is 13.0. The Kier molecular flexibility index (Phi) is 5.51. The monoisotopic (exact) mass is 644 g/mol. The Morgan fingerprint density at radius 3 is 2.70 bits per heavy atom. The highest BCUT2D eigenvalue weighted by molar-refractivity contribution is 14.1. The molecule has 134 valence electrons. The highest BCUT2D eigenvalue weighted by atomic mass is 127. The Balaban J connectivity index is 1.69. The van der Waals surface area contributed by atoms with Gasteiger partial charge in [-0.25, -0.2) is 4.98 Å². The van der Waals surface area contributed by atoms with E-state index in [1.165, 1.54) is 0 Å². The van der Waals surface area contributed by atoms with Crippen LogP contribution in [0.5, 0.6) is 5.75 Å². The van der Waals surface area contributed by atoms with Crippen molar-refractivity contribution in [3.05, 3.63) is 71.8 Å². The number of aromatic hydroxyl groups is 1. The number of halogens is 3. The van der Waals surface area contributed by atoms with E-state index < -0.39 is 0 Å². The summed E-state index contributed by atoms with van der Waals surface area (Å²) >= 11 is 7.86. The Morgan fingerprint density at radius 2 is 1.89 bits per heavy atom. The fraction of sp³-hybridized carbons (Fsp3) is 0. The van der Waals surface area contributed by atoms with Crippen molar-refractivity contribution in [1.29, 1.82) is 0 Å². The number of rotatable bonds is 3. The van der Waals surface area contributed by atoms with Gasteiger partial charge in [0.1, 0.15) is 11.3 Å². The van der Waals surface area contributed by atoms with Crippen LogP contribution in [-0.2, 0) is 0 Å². The summed E-state index contributed by atoms with van der Waals surface area (Å²) in [6, 6.07) is 17.2. The highest BCUT2D eigenvalue weighted by Gasteiger charge is 2.11. The maximum atomic E-state index is 10.2. The minimum Gasteiger partial charge on any atom is -0.506 e. The largest absolute Gasteiger partial charge is 0.506 e. The first-order valence-electron chi connectivity index (χ1n) is 7.89. The number of phenols is 1. The Labute approximate surface area is 191 Å². The third kappa shape index (κ3) is 4.04. The molecule has 4 aromatic rings. The van der Waals surface area contributed by atoms with Crippen molar-refractivity contribution in [3.8, 4) is 17.2 Å². The van der Waals surface area contributed by atoms with Crippen molar-refractivity contribution in [2.24, 2.45) is 4.99 Å². The van der Waals surface area contributed by atoms with Crippen molar-refractivity contribution >= 4 is 84.1 Å². The zero-order valence-electron chi connectivity index (χ0n) is 13.7. The molecule has 1 heterocycles. The Morgan fingerprint density at radius 1 is 1.07 bits per heavy atom. The summed E-state index contributed by atoms with van der Waals surface area (Å²) in [6.07, 6.45) is 1.66. The third-order valence-corrected chi connectivity index (χ3v) is 6.02. The highest BCUT2D eigenvalue weighted by Crippen LogP contribution is 2.31. The number of hydrogen-bond donors (Lipinski definition) is 1. The second kappa shape index (κ2) is 7.88. The summed E-state index contributed by atoms with van der Waals surface area (Å²) in [5.74, 6) is 0.793. The van der Waals surface area contributed by atoms with Crippen LogP contribution < -0.4 is 0 Å². The van der Waals surface area contributed by atoms with Gasteiger partial charge in [-0.15, -0.1) is 0 Å². The molecule has 0 saturated carbocycles. The zero-order chi connectivity index (χ0) is 19.0. The van der Waals surface area contributed by atoms with Gasteiger partial charge in [-0.1, -0.05) is 12.1 Å². The van der Waals surface area contributed by atoms with E-state index in [-0.39, 0.29) is 5.75 Å². The molecule has 27 heavy (non-hydrogen) atoms. The Bertz CT molecular complexity index is 1190. The van der Waals surface area contributed by atoms with Gasteiger partial charge in [0.25, 0.3) is 0 Å². The van der Waals surface area contributed by atoms with E-state index >= 15 is 0 Å². The van der Waals surface area contributed by atoms with E-state index in [9.17, 15) is 5.11 Å². The molecule has 0 aliphatic carbocycles. The summed E-state index contributed by atoms with van der Waals surface area (Å²) in [7, 11) is 0. The lowest BCUT2D eigenvalue weighted by molar-refractivity contribution is 0.470. The van der Waals surface area contributed by atoms with Gasteiger partial charge in [-0.2, -0.15) is 0 Å². The van der Waals surface area contributed by atoms with E-state index in [1.807, 2.05) is 54.6 Å². The fourth-order valence-electron chi connectivity index (χ4n) is 2.57. The first-order valence-corrected chi connectivity index (χ1v) is 10.8. The summed E-state index contributed by atoms with van der Waals surface area (Å²) in [5.41, 5.74) is 3.75. The zero-order valence-corrected chi connectivity index (χ0v) is 19.6. The topological polar surface area (TPSA) is 58.6 Å². The van der Waals surface area contributed by atoms with Crippen LogP contribution in [0.4, 0.5) is 5.69 Å². The minimum absolute atomic E-state index is 0.235. The van der Waals surface area contributed by atoms with Crippen molar-refractivity contribution in [2.45, 2.75) is 0 Å². The van der Waals surface area contributed by atoms with Crippen LogP contribution in [0.1, 0.15) is 5.56 Å². The molecule has 0 bridgehead atoms. The fourth-order valence-corrected chi connectivity index (χ4v) is 4.92. The normalized spacial score (nSPS) is 11.5. The predicted molar refractivity (Wildman–Crippen MR) is 128 cm³/mol. The van der Waals surface area contributed by atoms with Crippen LogP contribution in [0.2, 0.25) is 0 Å². The van der Waals surface area contributed by atoms with E-state index in [0.717, 1.165) is 28.4 Å². The maximum absolute atomic E-state index is 10.2. The first kappa shape index (κ1) is 18.9. The number of fused-ring (bicyclic) bond motifs is 1. The molecule has 1 aromatic heterocycles. The Hall–Kier alpha value is -1.46. The van der Waals surface area contributed by atoms with E-state index in [4.69, 9.17) is 4.42 Å². The average Bonchev–Trinajstić information content (AvgIpc) is 3.07. The number of phenolic OH excluding ortho intramolecular Hbond substituents is 1. The second-order valence-corrected chi connectivity index (χ2v) is 9.00. The maximum Gasteiger partial charge on any atom is 0.228 e. The molecule has 0 amide bonds. The lowest BCUT2D eigenvalue weighted by Crippen LogP contribution is -1.87. The van der Waals surface area contributed by atoms with Gasteiger partial charge in [-0.05, 0) is 104 Å². The standard InChI is InChI=1S/C20H11BrI2N2O2/c21-15-4-2-1-3-14(15)20-25-17-9-13(5-6-18(17)27-20)24-10-11-7-12(22)8-16(23)19(11)26/h1-10,26H. The molecule has 0 unspecified atom stereocenters. The summed E-state index contributed by atoms with van der Waals surface area (Å²) in [5, 5.41) is 10.2. The number of benzene rings is 3. The van der Waals surface area contributed by atoms with Crippen molar-refractivity contribution in [1.82, 2.24) is 4.98 Å². The van der Waals surface area contributed by atoms with E-state index in [0.29, 0.717) is 17.0 Å².